The third-order valence-electron chi connectivity index (χ3n) is 5.31. The Hall–Kier alpha value is -1.88. The van der Waals surface area contributed by atoms with Crippen LogP contribution in [-0.2, 0) is 30.6 Å². The summed E-state index contributed by atoms with van der Waals surface area (Å²) in [5.74, 6) is -0.230. The van der Waals surface area contributed by atoms with Crippen molar-refractivity contribution in [3.8, 4) is 0 Å². The number of halogens is 4. The van der Waals surface area contributed by atoms with Crippen molar-refractivity contribution in [2.45, 2.75) is 46.6 Å². The van der Waals surface area contributed by atoms with E-state index in [1.165, 1.54) is 12.5 Å². The van der Waals surface area contributed by atoms with Gasteiger partial charge in [0.1, 0.15) is 6.54 Å². The van der Waals surface area contributed by atoms with Crippen molar-refractivity contribution >= 4 is 21.8 Å². The van der Waals surface area contributed by atoms with Crippen LogP contribution in [0, 0.1) is 13.8 Å². The monoisotopic (exact) mass is 476 g/mol. The molecule has 1 fully saturated rings. The van der Waals surface area contributed by atoms with Crippen LogP contribution in [0.25, 0.3) is 0 Å². The van der Waals surface area contributed by atoms with Crippen LogP contribution in [0.5, 0.6) is 0 Å². The zero-order chi connectivity index (χ0) is 21.3. The predicted octanol–water partition coefficient (Wildman–Crippen LogP) is 2.84. The van der Waals surface area contributed by atoms with Gasteiger partial charge in [-0.15, -0.1) is 0 Å². The minimum Gasteiger partial charge on any atom is -0.339 e. The molecule has 1 aliphatic rings. The number of carbonyl (C=O) groups excluding carboxylic acids is 1. The quantitative estimate of drug-likeness (QED) is 0.665. The summed E-state index contributed by atoms with van der Waals surface area (Å²) in [6.45, 7) is 9.48. The molecule has 160 valence electrons. The molecule has 0 radical (unpaired) electrons. The van der Waals surface area contributed by atoms with E-state index in [-0.39, 0.29) is 22.6 Å². The lowest BCUT2D eigenvalue weighted by Crippen LogP contribution is -2.49. The molecule has 1 saturated heterocycles. The predicted molar refractivity (Wildman–Crippen MR) is 104 cm³/mol. The second kappa shape index (κ2) is 8.47. The van der Waals surface area contributed by atoms with E-state index in [2.05, 4.69) is 31.0 Å². The average Bonchev–Trinajstić information content (AvgIpc) is 3.16. The molecule has 0 N–H and O–H groups in total. The highest BCUT2D eigenvalue weighted by Crippen LogP contribution is 2.35. The second-order valence-corrected chi connectivity index (χ2v) is 7.92. The Kier molecular flexibility index (Phi) is 6.37. The molecule has 3 heterocycles. The lowest BCUT2D eigenvalue weighted by Gasteiger charge is -2.34. The highest BCUT2D eigenvalue weighted by atomic mass is 79.9. The molecule has 2 aromatic rings. The van der Waals surface area contributed by atoms with Gasteiger partial charge in [-0.3, -0.25) is 19.1 Å². The minimum absolute atomic E-state index is 0.120. The Morgan fingerprint density at radius 2 is 1.79 bits per heavy atom. The number of aromatic nitrogens is 4. The van der Waals surface area contributed by atoms with E-state index in [0.29, 0.717) is 26.2 Å². The zero-order valence-electron chi connectivity index (χ0n) is 16.6. The first-order chi connectivity index (χ1) is 13.6. The Bertz CT molecular complexity index is 883. The fourth-order valence-corrected chi connectivity index (χ4v) is 3.95. The van der Waals surface area contributed by atoms with E-state index in [4.69, 9.17) is 0 Å². The topological polar surface area (TPSA) is 59.2 Å². The van der Waals surface area contributed by atoms with Crippen molar-refractivity contribution in [2.24, 2.45) is 0 Å². The van der Waals surface area contributed by atoms with Crippen LogP contribution in [0.3, 0.4) is 0 Å². The Labute approximate surface area is 175 Å². The van der Waals surface area contributed by atoms with Crippen LogP contribution in [0.2, 0.25) is 0 Å². The SMILES string of the molecule is CCn1ncc(CN2CCN(C(=O)Cn3nc(C(F)(F)F)c(Br)c3C)CC2)c1C. The molecule has 1 amide bonds. The third-order valence-corrected chi connectivity index (χ3v) is 6.26. The van der Waals surface area contributed by atoms with Gasteiger partial charge in [0.05, 0.1) is 16.4 Å². The number of rotatable bonds is 5. The molecular weight excluding hydrogens is 453 g/mol. The smallest absolute Gasteiger partial charge is 0.339 e. The van der Waals surface area contributed by atoms with Crippen LogP contribution in [-0.4, -0.2) is 61.4 Å². The van der Waals surface area contributed by atoms with E-state index in [1.54, 1.807) is 4.90 Å². The molecule has 11 heteroatoms. The number of piperazine rings is 1. The molecule has 3 rings (SSSR count). The molecule has 29 heavy (non-hydrogen) atoms. The van der Waals surface area contributed by atoms with Crippen molar-refractivity contribution in [3.05, 3.63) is 33.3 Å². The Morgan fingerprint density at radius 1 is 1.14 bits per heavy atom. The first-order valence-electron chi connectivity index (χ1n) is 9.43. The van der Waals surface area contributed by atoms with Crippen LogP contribution < -0.4 is 0 Å². The highest BCUT2D eigenvalue weighted by molar-refractivity contribution is 9.10. The van der Waals surface area contributed by atoms with Gasteiger partial charge in [0.2, 0.25) is 5.91 Å². The van der Waals surface area contributed by atoms with Gasteiger partial charge >= 0.3 is 6.18 Å². The minimum atomic E-state index is -4.56. The van der Waals surface area contributed by atoms with Gasteiger partial charge in [0.15, 0.2) is 5.69 Å². The van der Waals surface area contributed by atoms with Crippen molar-refractivity contribution in [1.29, 1.82) is 0 Å². The number of aryl methyl sites for hydroxylation is 1. The van der Waals surface area contributed by atoms with Gasteiger partial charge in [-0.25, -0.2) is 0 Å². The second-order valence-electron chi connectivity index (χ2n) is 7.13. The molecule has 0 atom stereocenters. The maximum Gasteiger partial charge on any atom is 0.436 e. The number of alkyl halides is 3. The first kappa shape index (κ1) is 21.8. The number of carbonyl (C=O) groups is 1. The van der Waals surface area contributed by atoms with Gasteiger partial charge in [-0.05, 0) is 36.7 Å². The maximum atomic E-state index is 13.0. The molecule has 0 spiro atoms. The fraction of sp³-hybridized carbons (Fsp3) is 0.611. The van der Waals surface area contributed by atoms with Crippen LogP contribution in [0.15, 0.2) is 10.7 Å². The van der Waals surface area contributed by atoms with E-state index < -0.39 is 11.9 Å². The maximum absolute atomic E-state index is 13.0. The number of hydrogen-bond donors (Lipinski definition) is 0. The molecule has 0 saturated carbocycles. The Morgan fingerprint density at radius 3 is 2.31 bits per heavy atom. The van der Waals surface area contributed by atoms with Crippen molar-refractivity contribution in [2.75, 3.05) is 26.2 Å². The van der Waals surface area contributed by atoms with E-state index in [1.807, 2.05) is 24.7 Å². The standard InChI is InChI=1S/C18H24BrF3N6O/c1-4-27-12(2)14(9-23-27)10-25-5-7-26(8-6-25)15(29)11-28-13(3)16(19)17(24-28)18(20,21)22/h9H,4-8,10-11H2,1-3H3. The van der Waals surface area contributed by atoms with Gasteiger partial charge in [0, 0.05) is 50.5 Å². The third kappa shape index (κ3) is 4.66. The molecule has 0 unspecified atom stereocenters. The van der Waals surface area contributed by atoms with Gasteiger partial charge in [0.25, 0.3) is 0 Å². The largest absolute Gasteiger partial charge is 0.436 e. The summed E-state index contributed by atoms with van der Waals surface area (Å²) < 4.78 is 41.9. The molecular formula is C18H24BrF3N6O. The number of hydrogen-bond acceptors (Lipinski definition) is 4. The fourth-order valence-electron chi connectivity index (χ4n) is 3.44. The lowest BCUT2D eigenvalue weighted by atomic mass is 10.2. The summed E-state index contributed by atoms with van der Waals surface area (Å²) >= 11 is 2.93. The van der Waals surface area contributed by atoms with Crippen LogP contribution in [0.1, 0.15) is 29.6 Å². The van der Waals surface area contributed by atoms with E-state index >= 15 is 0 Å². The molecule has 0 bridgehead atoms. The summed E-state index contributed by atoms with van der Waals surface area (Å²) in [5.41, 5.74) is 1.60. The lowest BCUT2D eigenvalue weighted by molar-refractivity contribution is -0.142. The summed E-state index contributed by atoms with van der Waals surface area (Å²) in [4.78, 5) is 16.5. The molecule has 2 aromatic heterocycles. The molecule has 7 nitrogen and oxygen atoms in total. The average molecular weight is 477 g/mol. The Balaban J connectivity index is 1.57. The summed E-state index contributed by atoms with van der Waals surface area (Å²) in [6.07, 6.45) is -2.68. The summed E-state index contributed by atoms with van der Waals surface area (Å²) in [6, 6.07) is 0. The summed E-state index contributed by atoms with van der Waals surface area (Å²) in [5, 5.41) is 7.94. The number of nitrogens with zero attached hydrogens (tertiary/aromatic N) is 6. The van der Waals surface area contributed by atoms with E-state index in [9.17, 15) is 18.0 Å². The zero-order valence-corrected chi connectivity index (χ0v) is 18.2. The number of amides is 1. The highest BCUT2D eigenvalue weighted by Gasteiger charge is 2.38. The van der Waals surface area contributed by atoms with Crippen molar-refractivity contribution in [1.82, 2.24) is 29.4 Å². The normalized spacial score (nSPS) is 15.9. The van der Waals surface area contributed by atoms with Crippen molar-refractivity contribution < 1.29 is 18.0 Å². The van der Waals surface area contributed by atoms with Crippen molar-refractivity contribution in [3.63, 3.8) is 0 Å². The molecule has 0 aliphatic carbocycles. The van der Waals surface area contributed by atoms with Gasteiger partial charge < -0.3 is 4.90 Å². The van der Waals surface area contributed by atoms with Crippen LogP contribution in [0.4, 0.5) is 13.2 Å². The van der Waals surface area contributed by atoms with Crippen LogP contribution >= 0.6 is 15.9 Å². The van der Waals surface area contributed by atoms with E-state index in [0.717, 1.165) is 23.5 Å². The summed E-state index contributed by atoms with van der Waals surface area (Å²) in [7, 11) is 0. The molecule has 0 aromatic carbocycles. The molecule has 1 aliphatic heterocycles. The van der Waals surface area contributed by atoms with Gasteiger partial charge in [-0.1, -0.05) is 0 Å². The van der Waals surface area contributed by atoms with Gasteiger partial charge in [-0.2, -0.15) is 23.4 Å². The first-order valence-corrected chi connectivity index (χ1v) is 10.2.